The lowest BCUT2D eigenvalue weighted by Crippen LogP contribution is -2.54. The maximum Gasteiger partial charge on any atom is 0.394 e. The van der Waals surface area contributed by atoms with Crippen LogP contribution in [-0.2, 0) is 20.8 Å². The van der Waals surface area contributed by atoms with Gasteiger partial charge in [0.15, 0.2) is 0 Å². The average Bonchev–Trinajstić information content (AvgIpc) is 2.70. The van der Waals surface area contributed by atoms with Gasteiger partial charge in [-0.2, -0.15) is 16.8 Å². The van der Waals surface area contributed by atoms with Gasteiger partial charge in [-0.05, 0) is 48.9 Å². The summed E-state index contributed by atoms with van der Waals surface area (Å²) in [5.74, 6) is 1.27. The van der Waals surface area contributed by atoms with Gasteiger partial charge in [0.2, 0.25) is 0 Å². The molecule has 0 radical (unpaired) electrons. The van der Waals surface area contributed by atoms with Gasteiger partial charge in [0.05, 0.1) is 11.6 Å². The highest BCUT2D eigenvalue weighted by Gasteiger charge is 2.42. The van der Waals surface area contributed by atoms with E-state index in [1.807, 2.05) is 30.5 Å². The van der Waals surface area contributed by atoms with Gasteiger partial charge in [0.1, 0.15) is 0 Å². The molecule has 3 saturated heterocycles. The molecule has 11 nitrogen and oxygen atoms in total. The number of nitrogens with zero attached hydrogens (tertiary/aromatic N) is 2. The number of aliphatic hydroxyl groups is 1. The molecule has 0 saturated carbocycles. The summed E-state index contributed by atoms with van der Waals surface area (Å²) < 4.78 is 63.2. The number of rotatable bonds is 3. The Labute approximate surface area is 186 Å². The first kappa shape index (κ1) is 26.3. The molecule has 178 valence electrons. The predicted molar refractivity (Wildman–Crippen MR) is 117 cm³/mol. The van der Waals surface area contributed by atoms with E-state index in [1.54, 1.807) is 0 Å². The summed E-state index contributed by atoms with van der Waals surface area (Å²) in [4.78, 5) is 6.86. The van der Waals surface area contributed by atoms with Crippen LogP contribution in [0.25, 0.3) is 10.9 Å². The van der Waals surface area contributed by atoms with Crippen LogP contribution in [-0.4, -0.2) is 69.2 Å². The highest BCUT2D eigenvalue weighted by atomic mass is 32.3. The van der Waals surface area contributed by atoms with Crippen molar-refractivity contribution in [1.29, 1.82) is 0 Å². The topological polar surface area (TPSA) is 186 Å². The zero-order chi connectivity index (χ0) is 24.1. The van der Waals surface area contributed by atoms with Crippen LogP contribution < -0.4 is 0 Å². The van der Waals surface area contributed by atoms with Crippen molar-refractivity contribution >= 4 is 31.7 Å². The Hall–Kier alpha value is -1.97. The van der Waals surface area contributed by atoms with Gasteiger partial charge in [-0.25, -0.2) is 0 Å². The van der Waals surface area contributed by atoms with Crippen molar-refractivity contribution in [3.05, 3.63) is 54.7 Å². The lowest BCUT2D eigenvalue weighted by molar-refractivity contribution is -0.0444. The van der Waals surface area contributed by atoms with E-state index < -0.39 is 26.9 Å². The molecule has 1 aromatic carbocycles. The Morgan fingerprint density at radius 2 is 1.66 bits per heavy atom. The third-order valence-electron chi connectivity index (χ3n) is 5.52. The molecule has 5 atom stereocenters. The third kappa shape index (κ3) is 8.18. The molecule has 0 aliphatic carbocycles. The zero-order valence-electron chi connectivity index (χ0n) is 17.0. The van der Waals surface area contributed by atoms with E-state index in [1.165, 1.54) is 6.42 Å². The molecule has 1 aromatic heterocycles. The first-order valence-corrected chi connectivity index (χ1v) is 12.4. The molecular weight excluding hydrogens is 464 g/mol. The number of fused-ring (bicyclic) bond motifs is 4. The summed E-state index contributed by atoms with van der Waals surface area (Å²) in [6, 6.07) is 10.3. The highest BCUT2D eigenvalue weighted by molar-refractivity contribution is 7.80. The number of pyridine rings is 1. The van der Waals surface area contributed by atoms with Gasteiger partial charge in [-0.15, -0.1) is 6.58 Å². The second-order valence-corrected chi connectivity index (χ2v) is 9.30. The molecule has 4 heterocycles. The van der Waals surface area contributed by atoms with E-state index in [0.29, 0.717) is 11.8 Å². The van der Waals surface area contributed by atoms with Gasteiger partial charge in [-0.3, -0.25) is 28.1 Å². The molecule has 5 rings (SSSR count). The fourth-order valence-corrected chi connectivity index (χ4v) is 4.29. The molecule has 2 unspecified atom stereocenters. The largest absolute Gasteiger partial charge is 0.394 e. The molecule has 13 heteroatoms. The average molecular weight is 491 g/mol. The van der Waals surface area contributed by atoms with Gasteiger partial charge >= 0.3 is 20.8 Å². The molecule has 3 aliphatic heterocycles. The minimum Gasteiger partial charge on any atom is -0.387 e. The van der Waals surface area contributed by atoms with Crippen LogP contribution in [0.4, 0.5) is 0 Å². The van der Waals surface area contributed by atoms with Crippen molar-refractivity contribution in [3.8, 4) is 0 Å². The molecular formula is C19H26N2O9S2. The van der Waals surface area contributed by atoms with Crippen LogP contribution in [0.5, 0.6) is 0 Å². The quantitative estimate of drug-likeness (QED) is 0.312. The molecule has 2 bridgehead atoms. The maximum atomic E-state index is 11.0. The number of aliphatic hydroxyl groups excluding tert-OH is 1. The number of hydrogen-bond acceptors (Lipinski definition) is 7. The van der Waals surface area contributed by atoms with Crippen LogP contribution in [0, 0.1) is 11.8 Å². The van der Waals surface area contributed by atoms with Crippen molar-refractivity contribution in [2.45, 2.75) is 25.0 Å². The number of hydrogen-bond donors (Lipinski definition) is 5. The van der Waals surface area contributed by atoms with Crippen LogP contribution in [0.3, 0.4) is 0 Å². The molecule has 3 aliphatic rings. The predicted octanol–water partition coefficient (Wildman–Crippen LogP) is 1.86. The fraction of sp³-hybridized carbons (Fsp3) is 0.421. The standard InChI is InChI=1S/C19H22N2O.2H2O4S/c1-2-13-12-21-10-8-14(13)11-18(21)19(22)16-7-9-20-17-6-4-3-5-15(16)17;2*1-5(2,3)4/h2-7,9,13-14,18-19,22H,1,8,10-12H2;2*(H2,1,2,3,4)/t13-,14-,18?,19+;;/m0../s1. The van der Waals surface area contributed by atoms with Crippen LogP contribution in [0.2, 0.25) is 0 Å². The van der Waals surface area contributed by atoms with Gasteiger partial charge in [0, 0.05) is 24.2 Å². The number of aromatic nitrogens is 1. The van der Waals surface area contributed by atoms with E-state index in [0.717, 1.165) is 36.0 Å². The van der Waals surface area contributed by atoms with Crippen molar-refractivity contribution < 1.29 is 40.2 Å². The Morgan fingerprint density at radius 1 is 1.06 bits per heavy atom. The second-order valence-electron chi connectivity index (χ2n) is 7.50. The van der Waals surface area contributed by atoms with Crippen molar-refractivity contribution in [2.24, 2.45) is 11.8 Å². The first-order chi connectivity index (χ1) is 14.8. The van der Waals surface area contributed by atoms with Gasteiger partial charge < -0.3 is 5.11 Å². The summed E-state index contributed by atoms with van der Waals surface area (Å²) in [5, 5.41) is 12.1. The normalized spacial score (nSPS) is 25.7. The molecule has 32 heavy (non-hydrogen) atoms. The van der Waals surface area contributed by atoms with Crippen molar-refractivity contribution in [1.82, 2.24) is 9.88 Å². The lowest BCUT2D eigenvalue weighted by Gasteiger charge is -2.50. The SMILES string of the molecule is C=C[C@H]1CN2CC[C@H]1CC2[C@H](O)c1ccnc2ccccc12.O=S(=O)(O)O.O=S(=O)(O)O. The molecule has 0 spiro atoms. The van der Waals surface area contributed by atoms with Crippen molar-refractivity contribution in [2.75, 3.05) is 13.1 Å². The monoisotopic (exact) mass is 490 g/mol. The lowest BCUT2D eigenvalue weighted by atomic mass is 9.73. The number of benzene rings is 1. The fourth-order valence-electron chi connectivity index (χ4n) is 4.29. The summed E-state index contributed by atoms with van der Waals surface area (Å²) in [5.41, 5.74) is 1.97. The third-order valence-corrected chi connectivity index (χ3v) is 5.52. The Balaban J connectivity index is 0.000000308. The zero-order valence-corrected chi connectivity index (χ0v) is 18.6. The van der Waals surface area contributed by atoms with Gasteiger partial charge in [-0.1, -0.05) is 24.3 Å². The number of piperidine rings is 3. The smallest absolute Gasteiger partial charge is 0.387 e. The van der Waals surface area contributed by atoms with Gasteiger partial charge in [0.25, 0.3) is 0 Å². The maximum absolute atomic E-state index is 11.0. The summed E-state index contributed by atoms with van der Waals surface area (Å²) in [6.45, 7) is 6.11. The van der Waals surface area contributed by atoms with Crippen molar-refractivity contribution in [3.63, 3.8) is 0 Å². The number of para-hydroxylation sites is 1. The highest BCUT2D eigenvalue weighted by Crippen LogP contribution is 2.41. The Bertz CT molecular complexity index is 1090. The summed E-state index contributed by atoms with van der Waals surface area (Å²) in [6.07, 6.45) is 5.76. The first-order valence-electron chi connectivity index (χ1n) is 9.56. The molecule has 3 fully saturated rings. The van der Waals surface area contributed by atoms with E-state index in [4.69, 9.17) is 35.0 Å². The van der Waals surface area contributed by atoms with E-state index in [9.17, 15) is 5.11 Å². The van der Waals surface area contributed by atoms with Crippen LogP contribution in [0.1, 0.15) is 24.5 Å². The minimum absolute atomic E-state index is 0.223. The molecule has 0 amide bonds. The Morgan fingerprint density at radius 3 is 2.19 bits per heavy atom. The summed E-state index contributed by atoms with van der Waals surface area (Å²) in [7, 11) is -9.33. The van der Waals surface area contributed by atoms with Crippen LogP contribution >= 0.6 is 0 Å². The van der Waals surface area contributed by atoms with E-state index in [-0.39, 0.29) is 6.04 Å². The van der Waals surface area contributed by atoms with E-state index in [2.05, 4.69) is 28.6 Å². The molecule has 2 aromatic rings. The summed E-state index contributed by atoms with van der Waals surface area (Å²) >= 11 is 0. The van der Waals surface area contributed by atoms with E-state index >= 15 is 0 Å². The molecule has 5 N–H and O–H groups in total. The minimum atomic E-state index is -4.67. The second kappa shape index (κ2) is 10.8. The Kier molecular flexibility index (Phi) is 8.84. The van der Waals surface area contributed by atoms with Crippen LogP contribution in [0.15, 0.2) is 49.2 Å².